The number of allylic oxidation sites excluding steroid dienone is 1. The number of aromatic nitrogens is 3. The standard InChI is InChI=1S/C24H29N5O4/c1-15(2)8-11-19(23(30)33-5)27-22-21-18(7-6-12-25-21)28-24(29-22)26-14-16-9-10-17(31-3)13-20(16)32-4/h6-7,9-10,12-13,19H,1,8,11,14H2,2-5H3,(H2,26,27,28,29)/t19-/m1/s1. The number of benzene rings is 1. The van der Waals surface area contributed by atoms with Gasteiger partial charge in [0.05, 0.1) is 26.8 Å². The number of carbonyl (C=O) groups is 1. The van der Waals surface area contributed by atoms with Crippen LogP contribution in [-0.4, -0.2) is 48.3 Å². The summed E-state index contributed by atoms with van der Waals surface area (Å²) in [6.45, 7) is 6.26. The maximum Gasteiger partial charge on any atom is 0.328 e. The minimum atomic E-state index is -0.596. The summed E-state index contributed by atoms with van der Waals surface area (Å²) in [5.41, 5.74) is 3.10. The molecule has 174 valence electrons. The van der Waals surface area contributed by atoms with Crippen molar-refractivity contribution in [3.63, 3.8) is 0 Å². The first-order valence-corrected chi connectivity index (χ1v) is 10.5. The van der Waals surface area contributed by atoms with Gasteiger partial charge in [-0.3, -0.25) is 4.98 Å². The van der Waals surface area contributed by atoms with Crippen molar-refractivity contribution in [3.05, 3.63) is 54.2 Å². The van der Waals surface area contributed by atoms with Crippen LogP contribution in [0.1, 0.15) is 25.3 Å². The molecule has 0 spiro atoms. The van der Waals surface area contributed by atoms with E-state index in [1.165, 1.54) is 7.11 Å². The van der Waals surface area contributed by atoms with Crippen molar-refractivity contribution < 1.29 is 19.0 Å². The fourth-order valence-electron chi connectivity index (χ4n) is 3.27. The average molecular weight is 452 g/mol. The van der Waals surface area contributed by atoms with Gasteiger partial charge >= 0.3 is 5.97 Å². The van der Waals surface area contributed by atoms with Crippen LogP contribution in [0.25, 0.3) is 11.0 Å². The third-order valence-electron chi connectivity index (χ3n) is 5.04. The lowest BCUT2D eigenvalue weighted by molar-refractivity contribution is -0.141. The molecule has 0 bridgehead atoms. The summed E-state index contributed by atoms with van der Waals surface area (Å²) in [7, 11) is 4.58. The Labute approximate surface area is 193 Å². The van der Waals surface area contributed by atoms with E-state index in [0.29, 0.717) is 53.7 Å². The minimum absolute atomic E-state index is 0.378. The maximum absolute atomic E-state index is 12.4. The van der Waals surface area contributed by atoms with Gasteiger partial charge in [0.2, 0.25) is 5.95 Å². The average Bonchev–Trinajstić information content (AvgIpc) is 2.84. The SMILES string of the molecule is C=C(C)CC[C@@H](Nc1nc(NCc2ccc(OC)cc2OC)nc2cccnc12)C(=O)OC. The fraction of sp³-hybridized carbons (Fsp3) is 0.333. The first-order chi connectivity index (χ1) is 15.9. The van der Waals surface area contributed by atoms with E-state index in [1.807, 2.05) is 31.2 Å². The molecule has 0 aliphatic rings. The molecular weight excluding hydrogens is 422 g/mol. The normalized spacial score (nSPS) is 11.5. The quantitative estimate of drug-likeness (QED) is 0.331. The minimum Gasteiger partial charge on any atom is -0.497 e. The van der Waals surface area contributed by atoms with Crippen LogP contribution in [0.4, 0.5) is 11.8 Å². The molecular formula is C24H29N5O4. The number of methoxy groups -OCH3 is 3. The summed E-state index contributed by atoms with van der Waals surface area (Å²) < 4.78 is 15.7. The van der Waals surface area contributed by atoms with Crippen LogP contribution >= 0.6 is 0 Å². The molecule has 3 aromatic rings. The van der Waals surface area contributed by atoms with Gasteiger partial charge in [0, 0.05) is 24.4 Å². The van der Waals surface area contributed by atoms with Crippen molar-refractivity contribution in [1.29, 1.82) is 0 Å². The highest BCUT2D eigenvalue weighted by Crippen LogP contribution is 2.26. The van der Waals surface area contributed by atoms with E-state index in [2.05, 4.69) is 32.2 Å². The van der Waals surface area contributed by atoms with Crippen LogP contribution in [0.3, 0.4) is 0 Å². The molecule has 0 radical (unpaired) electrons. The largest absolute Gasteiger partial charge is 0.497 e. The molecule has 0 amide bonds. The number of pyridine rings is 1. The molecule has 9 heteroatoms. The molecule has 0 saturated heterocycles. The Morgan fingerprint density at radius 1 is 1.15 bits per heavy atom. The van der Waals surface area contributed by atoms with E-state index >= 15 is 0 Å². The van der Waals surface area contributed by atoms with E-state index in [0.717, 1.165) is 11.1 Å². The van der Waals surface area contributed by atoms with E-state index in [9.17, 15) is 4.79 Å². The molecule has 2 N–H and O–H groups in total. The second-order valence-corrected chi connectivity index (χ2v) is 7.51. The third-order valence-corrected chi connectivity index (χ3v) is 5.04. The van der Waals surface area contributed by atoms with E-state index in [-0.39, 0.29) is 5.97 Å². The molecule has 0 saturated carbocycles. The lowest BCUT2D eigenvalue weighted by Gasteiger charge is -2.18. The highest BCUT2D eigenvalue weighted by Gasteiger charge is 2.21. The first-order valence-electron chi connectivity index (χ1n) is 10.5. The topological polar surface area (TPSA) is 107 Å². The van der Waals surface area contributed by atoms with E-state index < -0.39 is 6.04 Å². The van der Waals surface area contributed by atoms with Crippen LogP contribution in [-0.2, 0) is 16.1 Å². The Bertz CT molecular complexity index is 1140. The molecule has 0 fully saturated rings. The van der Waals surface area contributed by atoms with Crippen molar-refractivity contribution in [2.75, 3.05) is 32.0 Å². The Hall–Kier alpha value is -3.88. The summed E-state index contributed by atoms with van der Waals surface area (Å²) in [6, 6.07) is 8.64. The molecule has 2 heterocycles. The maximum atomic E-state index is 12.4. The second-order valence-electron chi connectivity index (χ2n) is 7.51. The number of anilines is 2. The summed E-state index contributed by atoms with van der Waals surface area (Å²) in [4.78, 5) is 25.9. The van der Waals surface area contributed by atoms with E-state index in [4.69, 9.17) is 14.2 Å². The molecule has 0 unspecified atom stereocenters. The Morgan fingerprint density at radius 3 is 2.67 bits per heavy atom. The number of hydrogen-bond donors (Lipinski definition) is 2. The second kappa shape index (κ2) is 11.1. The zero-order valence-corrected chi connectivity index (χ0v) is 19.3. The van der Waals surface area contributed by atoms with Crippen LogP contribution < -0.4 is 20.1 Å². The van der Waals surface area contributed by atoms with Crippen LogP contribution in [0.5, 0.6) is 11.5 Å². The van der Waals surface area contributed by atoms with E-state index in [1.54, 1.807) is 26.5 Å². The molecule has 1 atom stereocenters. The molecule has 9 nitrogen and oxygen atoms in total. The zero-order chi connectivity index (χ0) is 23.8. The van der Waals surface area contributed by atoms with Crippen LogP contribution in [0, 0.1) is 0 Å². The predicted molar refractivity (Wildman–Crippen MR) is 128 cm³/mol. The van der Waals surface area contributed by atoms with Crippen LogP contribution in [0.2, 0.25) is 0 Å². The number of carbonyl (C=O) groups excluding carboxylic acids is 1. The molecule has 0 aliphatic heterocycles. The molecule has 0 aliphatic carbocycles. The molecule has 3 rings (SSSR count). The third kappa shape index (κ3) is 6.09. The van der Waals surface area contributed by atoms with Gasteiger partial charge in [-0.2, -0.15) is 4.98 Å². The smallest absolute Gasteiger partial charge is 0.328 e. The van der Waals surface area contributed by atoms with Gasteiger partial charge in [-0.1, -0.05) is 5.57 Å². The molecule has 1 aromatic carbocycles. The van der Waals surface area contributed by atoms with Gasteiger partial charge in [-0.15, -0.1) is 6.58 Å². The highest BCUT2D eigenvalue weighted by molar-refractivity contribution is 5.88. The van der Waals surface area contributed by atoms with Crippen molar-refractivity contribution >= 4 is 28.8 Å². The first kappa shape index (κ1) is 23.8. The lowest BCUT2D eigenvalue weighted by Crippen LogP contribution is -2.31. The number of hydrogen-bond acceptors (Lipinski definition) is 9. The summed E-state index contributed by atoms with van der Waals surface area (Å²) in [5.74, 6) is 1.85. The highest BCUT2D eigenvalue weighted by atomic mass is 16.5. The number of nitrogens with zero attached hydrogens (tertiary/aromatic N) is 3. The Balaban J connectivity index is 1.88. The number of fused-ring (bicyclic) bond motifs is 1. The number of ether oxygens (including phenoxy) is 3. The summed E-state index contributed by atoms with van der Waals surface area (Å²) in [5, 5.41) is 6.43. The predicted octanol–water partition coefficient (Wildman–Crippen LogP) is 3.96. The van der Waals surface area contributed by atoms with Crippen molar-refractivity contribution in [3.8, 4) is 11.5 Å². The van der Waals surface area contributed by atoms with Crippen molar-refractivity contribution in [2.24, 2.45) is 0 Å². The van der Waals surface area contributed by atoms with Gasteiger partial charge in [-0.25, -0.2) is 9.78 Å². The van der Waals surface area contributed by atoms with Gasteiger partial charge in [0.15, 0.2) is 5.82 Å². The number of rotatable bonds is 11. The number of esters is 1. The van der Waals surface area contributed by atoms with Crippen molar-refractivity contribution in [2.45, 2.75) is 32.4 Å². The number of nitrogens with one attached hydrogen (secondary N) is 2. The van der Waals surface area contributed by atoms with Gasteiger partial charge in [0.25, 0.3) is 0 Å². The van der Waals surface area contributed by atoms with Crippen molar-refractivity contribution in [1.82, 2.24) is 15.0 Å². The fourth-order valence-corrected chi connectivity index (χ4v) is 3.27. The van der Waals surface area contributed by atoms with Gasteiger partial charge in [-0.05, 0) is 44.0 Å². The molecule has 33 heavy (non-hydrogen) atoms. The summed E-state index contributed by atoms with van der Waals surface area (Å²) in [6.07, 6.45) is 2.85. The van der Waals surface area contributed by atoms with Gasteiger partial charge in [0.1, 0.15) is 23.1 Å². The monoisotopic (exact) mass is 451 g/mol. The Morgan fingerprint density at radius 2 is 1.97 bits per heavy atom. The Kier molecular flexibility index (Phi) is 8.01. The molecule has 2 aromatic heterocycles. The van der Waals surface area contributed by atoms with Gasteiger partial charge < -0.3 is 24.8 Å². The van der Waals surface area contributed by atoms with Crippen LogP contribution in [0.15, 0.2) is 48.7 Å². The lowest BCUT2D eigenvalue weighted by atomic mass is 10.1. The summed E-state index contributed by atoms with van der Waals surface area (Å²) >= 11 is 0. The zero-order valence-electron chi connectivity index (χ0n) is 19.3.